The number of hydrogen-bond acceptors (Lipinski definition) is 4. The first-order chi connectivity index (χ1) is 10.1. The van der Waals surface area contributed by atoms with Crippen molar-refractivity contribution in [3.63, 3.8) is 0 Å². The van der Waals surface area contributed by atoms with E-state index in [4.69, 9.17) is 4.74 Å². The Hall–Kier alpha value is -1.58. The summed E-state index contributed by atoms with van der Waals surface area (Å²) in [5, 5.41) is 3.51. The topological polar surface area (TPSA) is 51.2 Å². The van der Waals surface area contributed by atoms with Crippen LogP contribution in [0.1, 0.15) is 61.5 Å². The van der Waals surface area contributed by atoms with Gasteiger partial charge < -0.3 is 10.1 Å². The molecule has 1 fully saturated rings. The molecule has 0 unspecified atom stereocenters. The fourth-order valence-electron chi connectivity index (χ4n) is 3.18. The highest BCUT2D eigenvalue weighted by molar-refractivity contribution is 5.90. The summed E-state index contributed by atoms with van der Waals surface area (Å²) in [6.45, 7) is 4.11. The zero-order valence-electron chi connectivity index (χ0n) is 13.3. The van der Waals surface area contributed by atoms with E-state index in [2.05, 4.69) is 17.2 Å². The lowest BCUT2D eigenvalue weighted by Gasteiger charge is -2.29. The average molecular weight is 290 g/mol. The number of carbonyl (C=O) groups is 1. The molecule has 2 rings (SSSR count). The van der Waals surface area contributed by atoms with Gasteiger partial charge in [0, 0.05) is 6.04 Å². The second-order valence-corrected chi connectivity index (χ2v) is 5.97. The zero-order chi connectivity index (χ0) is 15.2. The van der Waals surface area contributed by atoms with Gasteiger partial charge in [0.05, 0.1) is 18.4 Å². The minimum absolute atomic E-state index is 0.327. The van der Waals surface area contributed by atoms with E-state index < -0.39 is 0 Å². The van der Waals surface area contributed by atoms with Crippen molar-refractivity contribution in [1.29, 1.82) is 0 Å². The van der Waals surface area contributed by atoms with Crippen LogP contribution >= 0.6 is 0 Å². The lowest BCUT2D eigenvalue weighted by atomic mass is 9.83. The van der Waals surface area contributed by atoms with Gasteiger partial charge in [-0.3, -0.25) is 0 Å². The average Bonchev–Trinajstić information content (AvgIpc) is 2.49. The molecule has 0 amide bonds. The number of esters is 1. The van der Waals surface area contributed by atoms with Crippen LogP contribution in [0.25, 0.3) is 0 Å². The third kappa shape index (κ3) is 4.19. The highest BCUT2D eigenvalue weighted by Crippen LogP contribution is 2.29. The molecule has 1 saturated carbocycles. The summed E-state index contributed by atoms with van der Waals surface area (Å²) in [5.74, 6) is 1.44. The Kier molecular flexibility index (Phi) is 5.59. The first-order valence-electron chi connectivity index (χ1n) is 7.96. The zero-order valence-corrected chi connectivity index (χ0v) is 13.3. The predicted octanol–water partition coefficient (Wildman–Crippen LogP) is 3.95. The quantitative estimate of drug-likeness (QED) is 0.834. The summed E-state index contributed by atoms with van der Waals surface area (Å²) >= 11 is 0. The van der Waals surface area contributed by atoms with Crippen molar-refractivity contribution in [2.45, 2.75) is 58.4 Å². The number of hydrogen-bond donors (Lipinski definition) is 1. The number of carbonyl (C=O) groups excluding carboxylic acids is 1. The normalized spacial score (nSPS) is 21.9. The predicted molar refractivity (Wildman–Crippen MR) is 84.6 cm³/mol. The largest absolute Gasteiger partial charge is 0.465 e. The highest BCUT2D eigenvalue weighted by atomic mass is 16.5. The molecule has 0 aliphatic heterocycles. The molecule has 4 heteroatoms. The van der Waals surface area contributed by atoms with Crippen LogP contribution in [0.15, 0.2) is 12.1 Å². The molecule has 0 spiro atoms. The van der Waals surface area contributed by atoms with Gasteiger partial charge in [-0.05, 0) is 50.7 Å². The van der Waals surface area contributed by atoms with Crippen molar-refractivity contribution in [2.75, 3.05) is 12.4 Å². The van der Waals surface area contributed by atoms with E-state index in [0.29, 0.717) is 17.3 Å². The van der Waals surface area contributed by atoms with Crippen molar-refractivity contribution in [1.82, 2.24) is 4.98 Å². The van der Waals surface area contributed by atoms with Gasteiger partial charge in [0.1, 0.15) is 5.82 Å². The van der Waals surface area contributed by atoms with Crippen molar-refractivity contribution < 1.29 is 9.53 Å². The fourth-order valence-corrected chi connectivity index (χ4v) is 3.18. The van der Waals surface area contributed by atoms with Crippen LogP contribution in [0.2, 0.25) is 0 Å². The summed E-state index contributed by atoms with van der Waals surface area (Å²) < 4.78 is 4.74. The number of anilines is 1. The molecule has 1 aromatic heterocycles. The maximum atomic E-state index is 11.6. The molecule has 0 aromatic carbocycles. The van der Waals surface area contributed by atoms with Gasteiger partial charge >= 0.3 is 5.97 Å². The van der Waals surface area contributed by atoms with Crippen LogP contribution in [0, 0.1) is 12.8 Å². The molecule has 116 valence electrons. The van der Waals surface area contributed by atoms with Crippen LogP contribution < -0.4 is 5.32 Å². The Morgan fingerprint density at radius 2 is 2.05 bits per heavy atom. The Labute approximate surface area is 127 Å². The first-order valence-corrected chi connectivity index (χ1v) is 7.96. The number of ether oxygens (including phenoxy) is 1. The van der Waals surface area contributed by atoms with E-state index in [1.54, 1.807) is 6.07 Å². The molecular formula is C17H26N2O2. The summed E-state index contributed by atoms with van der Waals surface area (Å²) in [6.07, 6.45) is 7.69. The van der Waals surface area contributed by atoms with Gasteiger partial charge in [0.2, 0.25) is 0 Å². The van der Waals surface area contributed by atoms with Gasteiger partial charge in [0.25, 0.3) is 0 Å². The van der Waals surface area contributed by atoms with E-state index >= 15 is 0 Å². The third-order valence-electron chi connectivity index (χ3n) is 4.39. The van der Waals surface area contributed by atoms with Crippen LogP contribution in [0.4, 0.5) is 5.82 Å². The van der Waals surface area contributed by atoms with Crippen molar-refractivity contribution in [3.8, 4) is 0 Å². The molecule has 1 heterocycles. The third-order valence-corrected chi connectivity index (χ3v) is 4.39. The molecule has 1 aliphatic rings. The molecule has 0 bridgehead atoms. The molecule has 1 aliphatic carbocycles. The SMILES string of the molecule is CCCC1CCC(Nc2ccc(C(=O)OC)c(C)n2)CC1. The van der Waals surface area contributed by atoms with Crippen LogP contribution in [-0.4, -0.2) is 24.1 Å². The number of aryl methyl sites for hydroxylation is 1. The molecule has 0 radical (unpaired) electrons. The van der Waals surface area contributed by atoms with Gasteiger partial charge in [-0.2, -0.15) is 0 Å². The number of aromatic nitrogens is 1. The van der Waals surface area contributed by atoms with Gasteiger partial charge in [-0.1, -0.05) is 19.8 Å². The molecule has 4 nitrogen and oxygen atoms in total. The second kappa shape index (κ2) is 7.43. The van der Waals surface area contributed by atoms with E-state index in [1.807, 2.05) is 13.0 Å². The number of methoxy groups -OCH3 is 1. The first kappa shape index (κ1) is 15.8. The van der Waals surface area contributed by atoms with Crippen molar-refractivity contribution >= 4 is 11.8 Å². The summed E-state index contributed by atoms with van der Waals surface area (Å²) in [6, 6.07) is 4.17. The maximum absolute atomic E-state index is 11.6. The molecule has 1 N–H and O–H groups in total. The Morgan fingerprint density at radius 3 is 2.62 bits per heavy atom. The second-order valence-electron chi connectivity index (χ2n) is 5.97. The summed E-state index contributed by atoms with van der Waals surface area (Å²) in [7, 11) is 1.39. The van der Waals surface area contributed by atoms with E-state index in [9.17, 15) is 4.79 Å². The summed E-state index contributed by atoms with van der Waals surface area (Å²) in [5.41, 5.74) is 1.25. The van der Waals surface area contributed by atoms with E-state index in [0.717, 1.165) is 11.7 Å². The van der Waals surface area contributed by atoms with E-state index in [1.165, 1.54) is 45.6 Å². The Morgan fingerprint density at radius 1 is 1.33 bits per heavy atom. The van der Waals surface area contributed by atoms with Gasteiger partial charge in [0.15, 0.2) is 0 Å². The standard InChI is InChI=1S/C17H26N2O2/c1-4-5-13-6-8-14(9-7-13)19-16-11-10-15(12(2)18-16)17(20)21-3/h10-11,13-14H,4-9H2,1-3H3,(H,18,19). The number of nitrogens with zero attached hydrogens (tertiary/aromatic N) is 1. The molecule has 21 heavy (non-hydrogen) atoms. The summed E-state index contributed by atoms with van der Waals surface area (Å²) in [4.78, 5) is 16.0. The van der Waals surface area contributed by atoms with Gasteiger partial charge in [-0.25, -0.2) is 9.78 Å². The number of pyridine rings is 1. The fraction of sp³-hybridized carbons (Fsp3) is 0.647. The van der Waals surface area contributed by atoms with Crippen LogP contribution in [0.5, 0.6) is 0 Å². The molecule has 0 saturated heterocycles. The minimum atomic E-state index is -0.327. The Bertz CT molecular complexity index is 480. The smallest absolute Gasteiger partial charge is 0.339 e. The highest BCUT2D eigenvalue weighted by Gasteiger charge is 2.21. The van der Waals surface area contributed by atoms with E-state index in [-0.39, 0.29) is 5.97 Å². The van der Waals surface area contributed by atoms with Crippen LogP contribution in [-0.2, 0) is 4.74 Å². The molecular weight excluding hydrogens is 264 g/mol. The lowest BCUT2D eigenvalue weighted by molar-refractivity contribution is 0.0599. The van der Waals surface area contributed by atoms with Crippen molar-refractivity contribution in [2.24, 2.45) is 5.92 Å². The minimum Gasteiger partial charge on any atom is -0.465 e. The Balaban J connectivity index is 1.92. The van der Waals surface area contributed by atoms with Gasteiger partial charge in [-0.15, -0.1) is 0 Å². The number of rotatable bonds is 5. The van der Waals surface area contributed by atoms with Crippen LogP contribution in [0.3, 0.4) is 0 Å². The monoisotopic (exact) mass is 290 g/mol. The number of nitrogens with one attached hydrogen (secondary N) is 1. The molecule has 1 aromatic rings. The van der Waals surface area contributed by atoms with Crippen molar-refractivity contribution in [3.05, 3.63) is 23.4 Å². The maximum Gasteiger partial charge on any atom is 0.339 e. The lowest BCUT2D eigenvalue weighted by Crippen LogP contribution is -2.26. The molecule has 0 atom stereocenters.